The molecule has 1 unspecified atom stereocenters. The molecule has 0 aliphatic heterocycles. The van der Waals surface area contributed by atoms with Gasteiger partial charge in [-0.05, 0) is 85.3 Å². The molecule has 0 saturated heterocycles. The molecule has 4 rings (SSSR count). The Morgan fingerprint density at radius 2 is 1.17 bits per heavy atom. The Labute approximate surface area is 177 Å². The summed E-state index contributed by atoms with van der Waals surface area (Å²) in [6, 6.07) is 23.7. The number of nitrogens with two attached hydrogens (primary N) is 3. The van der Waals surface area contributed by atoms with Crippen molar-refractivity contribution in [2.45, 2.75) is 12.5 Å². The topological polar surface area (TPSA) is 81.3 Å². The van der Waals surface area contributed by atoms with Crippen molar-refractivity contribution in [1.29, 1.82) is 0 Å². The van der Waals surface area contributed by atoms with E-state index in [1.54, 1.807) is 0 Å². The second-order valence-corrected chi connectivity index (χ2v) is 7.23. The predicted molar refractivity (Wildman–Crippen MR) is 126 cm³/mol. The maximum Gasteiger partial charge on any atom is 0.0462 e. The minimum atomic E-state index is 0.0630. The molecule has 3 aromatic carbocycles. The zero-order valence-corrected chi connectivity index (χ0v) is 16.6. The number of benzene rings is 3. The van der Waals surface area contributed by atoms with Crippen LogP contribution >= 0.6 is 0 Å². The fourth-order valence-electron chi connectivity index (χ4n) is 3.27. The summed E-state index contributed by atoms with van der Waals surface area (Å²) in [5.41, 5.74) is 24.2. The van der Waals surface area contributed by atoms with Crippen molar-refractivity contribution >= 4 is 22.7 Å². The van der Waals surface area contributed by atoms with Crippen molar-refractivity contribution in [3.8, 4) is 11.8 Å². The van der Waals surface area contributed by atoms with E-state index in [4.69, 9.17) is 17.2 Å². The number of hydrogen-bond acceptors (Lipinski definition) is 4. The quantitative estimate of drug-likeness (QED) is 0.451. The molecule has 0 fully saturated rings. The molecule has 4 heteroatoms. The SMILES string of the molecule is Nc1ccc(C#Cc2ccc(N(C3=CCC(N)C=C3)c3ccc(N)cc3)cc2)cc1. The van der Waals surface area contributed by atoms with Crippen LogP contribution in [-0.4, -0.2) is 6.04 Å². The minimum absolute atomic E-state index is 0.0630. The van der Waals surface area contributed by atoms with Gasteiger partial charge in [0.25, 0.3) is 0 Å². The average Bonchev–Trinajstić information content (AvgIpc) is 2.77. The van der Waals surface area contributed by atoms with Gasteiger partial charge in [-0.3, -0.25) is 0 Å². The first-order chi connectivity index (χ1) is 14.6. The van der Waals surface area contributed by atoms with Crippen LogP contribution in [0.2, 0.25) is 0 Å². The first kappa shape index (κ1) is 19.4. The molecule has 0 amide bonds. The van der Waals surface area contributed by atoms with Gasteiger partial charge in [0, 0.05) is 45.6 Å². The second-order valence-electron chi connectivity index (χ2n) is 7.23. The number of nitrogen functional groups attached to an aromatic ring is 2. The van der Waals surface area contributed by atoms with Gasteiger partial charge in [-0.2, -0.15) is 0 Å². The third-order valence-electron chi connectivity index (χ3n) is 4.91. The summed E-state index contributed by atoms with van der Waals surface area (Å²) in [4.78, 5) is 2.19. The van der Waals surface area contributed by atoms with E-state index in [-0.39, 0.29) is 6.04 Å². The molecule has 0 radical (unpaired) electrons. The summed E-state index contributed by atoms with van der Waals surface area (Å²) >= 11 is 0. The van der Waals surface area contributed by atoms with Crippen molar-refractivity contribution in [2.24, 2.45) is 5.73 Å². The maximum absolute atomic E-state index is 6.02. The van der Waals surface area contributed by atoms with E-state index in [0.29, 0.717) is 0 Å². The van der Waals surface area contributed by atoms with Crippen LogP contribution in [0.3, 0.4) is 0 Å². The van der Waals surface area contributed by atoms with Gasteiger partial charge < -0.3 is 22.1 Å². The highest BCUT2D eigenvalue weighted by molar-refractivity contribution is 5.72. The van der Waals surface area contributed by atoms with Crippen LogP contribution in [-0.2, 0) is 0 Å². The van der Waals surface area contributed by atoms with Gasteiger partial charge >= 0.3 is 0 Å². The Balaban J connectivity index is 1.63. The first-order valence-corrected chi connectivity index (χ1v) is 9.86. The molecule has 1 aliphatic rings. The first-order valence-electron chi connectivity index (χ1n) is 9.86. The number of allylic oxidation sites excluding steroid dienone is 1. The van der Waals surface area contributed by atoms with Gasteiger partial charge in [0.1, 0.15) is 0 Å². The van der Waals surface area contributed by atoms with E-state index in [9.17, 15) is 0 Å². The number of anilines is 4. The van der Waals surface area contributed by atoms with E-state index >= 15 is 0 Å². The molecule has 1 atom stereocenters. The summed E-state index contributed by atoms with van der Waals surface area (Å²) in [5.74, 6) is 6.38. The van der Waals surface area contributed by atoms with Gasteiger partial charge in [-0.1, -0.05) is 24.0 Å². The molecule has 1 aliphatic carbocycles. The molecule has 148 valence electrons. The third kappa shape index (κ3) is 4.54. The van der Waals surface area contributed by atoms with Gasteiger partial charge in [-0.15, -0.1) is 0 Å². The number of rotatable bonds is 3. The molecule has 3 aromatic rings. The van der Waals surface area contributed by atoms with Crippen LogP contribution in [0.4, 0.5) is 22.7 Å². The maximum atomic E-state index is 6.02. The Kier molecular flexibility index (Phi) is 5.56. The van der Waals surface area contributed by atoms with Gasteiger partial charge in [-0.25, -0.2) is 0 Å². The van der Waals surface area contributed by atoms with Crippen LogP contribution in [0.25, 0.3) is 0 Å². The van der Waals surface area contributed by atoms with Crippen molar-refractivity contribution in [2.75, 3.05) is 16.4 Å². The normalized spacial score (nSPS) is 15.1. The van der Waals surface area contributed by atoms with Crippen LogP contribution < -0.4 is 22.1 Å². The standard InChI is InChI=1S/C26H24N4/c27-21-7-3-19(4-8-21)1-2-20-5-13-24(14-6-20)30(25-15-9-22(28)10-16-25)26-17-11-23(29)12-18-26/h3-11,13-18,23H,12,27-29H2. The highest BCUT2D eigenvalue weighted by Gasteiger charge is 2.15. The van der Waals surface area contributed by atoms with E-state index in [2.05, 4.69) is 41.0 Å². The minimum Gasteiger partial charge on any atom is -0.399 e. The second kappa shape index (κ2) is 8.60. The summed E-state index contributed by atoms with van der Waals surface area (Å²) < 4.78 is 0. The molecule has 0 bridgehead atoms. The van der Waals surface area contributed by atoms with Crippen molar-refractivity contribution in [3.63, 3.8) is 0 Å². The molecule has 0 aromatic heterocycles. The Morgan fingerprint density at radius 3 is 1.67 bits per heavy atom. The lowest BCUT2D eigenvalue weighted by Crippen LogP contribution is -2.22. The van der Waals surface area contributed by atoms with Crippen LogP contribution in [0.1, 0.15) is 17.5 Å². The lowest BCUT2D eigenvalue weighted by atomic mass is 10.1. The molecule has 0 spiro atoms. The van der Waals surface area contributed by atoms with E-state index < -0.39 is 0 Å². The molecule has 4 nitrogen and oxygen atoms in total. The summed E-state index contributed by atoms with van der Waals surface area (Å²) in [7, 11) is 0. The predicted octanol–water partition coefficient (Wildman–Crippen LogP) is 4.56. The highest BCUT2D eigenvalue weighted by atomic mass is 15.1. The van der Waals surface area contributed by atoms with Gasteiger partial charge in [0.2, 0.25) is 0 Å². The fraction of sp³-hybridized carbons (Fsp3) is 0.0769. The lowest BCUT2D eigenvalue weighted by Gasteiger charge is -2.28. The molecule has 6 N–H and O–H groups in total. The summed E-state index contributed by atoms with van der Waals surface area (Å²) in [6.07, 6.45) is 7.07. The molecule has 0 saturated carbocycles. The van der Waals surface area contributed by atoms with Gasteiger partial charge in [0.05, 0.1) is 0 Å². The highest BCUT2D eigenvalue weighted by Crippen LogP contribution is 2.32. The lowest BCUT2D eigenvalue weighted by molar-refractivity contribution is 0.814. The van der Waals surface area contributed by atoms with Crippen LogP contribution in [0.15, 0.2) is 96.7 Å². The Hall–Kier alpha value is -3.94. The smallest absolute Gasteiger partial charge is 0.0462 e. The Morgan fingerprint density at radius 1 is 0.700 bits per heavy atom. The Bertz CT molecular complexity index is 1130. The van der Waals surface area contributed by atoms with E-state index in [1.807, 2.05) is 66.7 Å². The number of nitrogens with zero attached hydrogens (tertiary/aromatic N) is 1. The van der Waals surface area contributed by atoms with Crippen molar-refractivity contribution in [1.82, 2.24) is 0 Å². The van der Waals surface area contributed by atoms with Crippen molar-refractivity contribution < 1.29 is 0 Å². The molecule has 30 heavy (non-hydrogen) atoms. The summed E-state index contributed by atoms with van der Waals surface area (Å²) in [5, 5.41) is 0. The largest absolute Gasteiger partial charge is 0.399 e. The van der Waals surface area contributed by atoms with Crippen LogP contribution in [0, 0.1) is 11.8 Å². The summed E-state index contributed by atoms with van der Waals surface area (Å²) in [6.45, 7) is 0. The monoisotopic (exact) mass is 392 g/mol. The average molecular weight is 393 g/mol. The van der Waals surface area contributed by atoms with Crippen LogP contribution in [0.5, 0.6) is 0 Å². The van der Waals surface area contributed by atoms with Crippen molar-refractivity contribution in [3.05, 3.63) is 108 Å². The third-order valence-corrected chi connectivity index (χ3v) is 4.91. The van der Waals surface area contributed by atoms with E-state index in [0.717, 1.165) is 46.0 Å². The van der Waals surface area contributed by atoms with Gasteiger partial charge in [0.15, 0.2) is 0 Å². The zero-order chi connectivity index (χ0) is 20.9. The molecular weight excluding hydrogens is 368 g/mol. The zero-order valence-electron chi connectivity index (χ0n) is 16.6. The molecule has 0 heterocycles. The van der Waals surface area contributed by atoms with E-state index in [1.165, 1.54) is 0 Å². The fourth-order valence-corrected chi connectivity index (χ4v) is 3.27. The number of hydrogen-bond donors (Lipinski definition) is 3. The molecular formula is C26H24N4.